The molecule has 0 bridgehead atoms. The number of carbonyl (C=O) groups is 1. The van der Waals surface area contributed by atoms with Crippen LogP contribution in [0.25, 0.3) is 0 Å². The first-order chi connectivity index (χ1) is 7.84. The van der Waals surface area contributed by atoms with Gasteiger partial charge in [-0.15, -0.1) is 0 Å². The molecule has 0 unspecified atom stereocenters. The number of amides is 1. The molecule has 0 aliphatic heterocycles. The second kappa shape index (κ2) is 4.85. The van der Waals surface area contributed by atoms with E-state index in [1.54, 1.807) is 32.5 Å². The normalized spacial score (nSPS) is 11.6. The van der Waals surface area contributed by atoms with Gasteiger partial charge in [0.15, 0.2) is 0 Å². The van der Waals surface area contributed by atoms with Crippen molar-refractivity contribution in [3.8, 4) is 0 Å². The summed E-state index contributed by atoms with van der Waals surface area (Å²) < 4.78 is 1.62. The molecule has 96 valence electrons. The summed E-state index contributed by atoms with van der Waals surface area (Å²) in [5.74, 6) is -0.335. The Bertz CT molecular complexity index is 422. The summed E-state index contributed by atoms with van der Waals surface area (Å²) in [5.41, 5.74) is 0.839. The van der Waals surface area contributed by atoms with Crippen LogP contribution in [0.5, 0.6) is 0 Å². The van der Waals surface area contributed by atoms with Gasteiger partial charge in [0.05, 0.1) is 30.0 Å². The molecular weight excluding hydrogens is 222 g/mol. The number of aliphatic hydroxyl groups excluding tert-OH is 2. The number of aromatic nitrogens is 2. The molecule has 0 aliphatic rings. The molecule has 0 saturated carbocycles. The third-order valence-electron chi connectivity index (χ3n) is 2.85. The fraction of sp³-hybridized carbons (Fsp3) is 0.636. The molecule has 3 N–H and O–H groups in total. The third kappa shape index (κ3) is 2.65. The molecule has 1 heterocycles. The lowest BCUT2D eigenvalue weighted by atomic mass is 10.0. The molecule has 6 nitrogen and oxygen atoms in total. The number of carbonyl (C=O) groups excluding carboxylic acids is 1. The van der Waals surface area contributed by atoms with Crippen molar-refractivity contribution in [1.82, 2.24) is 15.1 Å². The van der Waals surface area contributed by atoms with Gasteiger partial charge < -0.3 is 15.5 Å². The second-order valence-corrected chi connectivity index (χ2v) is 4.50. The van der Waals surface area contributed by atoms with Crippen LogP contribution < -0.4 is 5.32 Å². The van der Waals surface area contributed by atoms with Crippen molar-refractivity contribution in [3.63, 3.8) is 0 Å². The molecule has 17 heavy (non-hydrogen) atoms. The number of nitrogens with zero attached hydrogens (tertiary/aromatic N) is 2. The molecule has 0 saturated heterocycles. The Morgan fingerprint density at radius 2 is 1.94 bits per heavy atom. The standard InChI is InChI=1S/C11H19N3O3/c1-7-9(8(2)14(4)13-7)10(17)12-11(3,5-15)6-16/h15-16H,5-6H2,1-4H3,(H,12,17). The first kappa shape index (κ1) is 13.7. The molecule has 0 aliphatic carbocycles. The van der Waals surface area contributed by atoms with Crippen molar-refractivity contribution in [2.24, 2.45) is 7.05 Å². The van der Waals surface area contributed by atoms with Gasteiger partial charge in [0.2, 0.25) is 0 Å². The van der Waals surface area contributed by atoms with E-state index in [1.807, 2.05) is 0 Å². The van der Waals surface area contributed by atoms with Crippen LogP contribution in [-0.2, 0) is 7.05 Å². The van der Waals surface area contributed by atoms with Crippen molar-refractivity contribution < 1.29 is 15.0 Å². The zero-order valence-electron chi connectivity index (χ0n) is 10.6. The van der Waals surface area contributed by atoms with E-state index in [0.717, 1.165) is 5.69 Å². The smallest absolute Gasteiger partial charge is 0.255 e. The molecule has 1 aromatic heterocycles. The average Bonchev–Trinajstić information content (AvgIpc) is 2.53. The maximum Gasteiger partial charge on any atom is 0.255 e. The minimum atomic E-state index is -1.02. The van der Waals surface area contributed by atoms with Gasteiger partial charge in [0, 0.05) is 12.7 Å². The molecule has 1 amide bonds. The molecule has 0 fully saturated rings. The van der Waals surface area contributed by atoms with Gasteiger partial charge in [-0.2, -0.15) is 5.10 Å². The van der Waals surface area contributed by atoms with Gasteiger partial charge in [-0.05, 0) is 20.8 Å². The lowest BCUT2D eigenvalue weighted by Gasteiger charge is -2.26. The van der Waals surface area contributed by atoms with E-state index in [1.165, 1.54) is 0 Å². The molecule has 1 aromatic rings. The van der Waals surface area contributed by atoms with Gasteiger partial charge in [-0.3, -0.25) is 9.48 Å². The van der Waals surface area contributed by atoms with E-state index in [9.17, 15) is 4.79 Å². The summed E-state index contributed by atoms with van der Waals surface area (Å²) in [5, 5.41) is 25.0. The van der Waals surface area contributed by atoms with Crippen molar-refractivity contribution in [2.45, 2.75) is 26.3 Å². The minimum absolute atomic E-state index is 0.326. The molecule has 0 aromatic carbocycles. The average molecular weight is 241 g/mol. The Hall–Kier alpha value is -1.40. The number of aliphatic hydroxyl groups is 2. The van der Waals surface area contributed by atoms with Crippen LogP contribution in [0.3, 0.4) is 0 Å². The Morgan fingerprint density at radius 1 is 1.41 bits per heavy atom. The minimum Gasteiger partial charge on any atom is -0.394 e. The first-order valence-electron chi connectivity index (χ1n) is 5.39. The topological polar surface area (TPSA) is 87.4 Å². The fourth-order valence-electron chi connectivity index (χ4n) is 1.57. The Labute approximate surface area is 100 Å². The first-order valence-corrected chi connectivity index (χ1v) is 5.39. The molecule has 0 atom stereocenters. The zero-order chi connectivity index (χ0) is 13.2. The number of aryl methyl sites for hydroxylation is 2. The van der Waals surface area contributed by atoms with Crippen LogP contribution in [0.4, 0.5) is 0 Å². The number of nitrogens with one attached hydrogen (secondary N) is 1. The predicted octanol–water partition coefficient (Wildman–Crippen LogP) is -0.490. The SMILES string of the molecule is Cc1nn(C)c(C)c1C(=O)NC(C)(CO)CO. The van der Waals surface area contributed by atoms with E-state index in [-0.39, 0.29) is 19.1 Å². The van der Waals surface area contributed by atoms with Crippen molar-refractivity contribution in [2.75, 3.05) is 13.2 Å². The molecule has 6 heteroatoms. The Kier molecular flexibility index (Phi) is 3.90. The molecule has 0 radical (unpaired) electrons. The lowest BCUT2D eigenvalue weighted by Crippen LogP contribution is -2.51. The number of hydrogen-bond acceptors (Lipinski definition) is 4. The highest BCUT2D eigenvalue weighted by Crippen LogP contribution is 2.13. The van der Waals surface area contributed by atoms with E-state index in [0.29, 0.717) is 11.3 Å². The van der Waals surface area contributed by atoms with Gasteiger partial charge in [0.1, 0.15) is 0 Å². The van der Waals surface area contributed by atoms with E-state index < -0.39 is 5.54 Å². The number of rotatable bonds is 4. The summed E-state index contributed by atoms with van der Waals surface area (Å²) in [6.45, 7) is 4.47. The van der Waals surface area contributed by atoms with Crippen LogP contribution in [0, 0.1) is 13.8 Å². The monoisotopic (exact) mass is 241 g/mol. The molecule has 1 rings (SSSR count). The number of hydrogen-bond donors (Lipinski definition) is 3. The predicted molar refractivity (Wildman–Crippen MR) is 62.7 cm³/mol. The van der Waals surface area contributed by atoms with Crippen molar-refractivity contribution in [3.05, 3.63) is 17.0 Å². The highest BCUT2D eigenvalue weighted by atomic mass is 16.3. The summed E-state index contributed by atoms with van der Waals surface area (Å²) >= 11 is 0. The molecule has 0 spiro atoms. The fourth-order valence-corrected chi connectivity index (χ4v) is 1.57. The highest BCUT2D eigenvalue weighted by Gasteiger charge is 2.27. The largest absolute Gasteiger partial charge is 0.394 e. The Balaban J connectivity index is 2.98. The van der Waals surface area contributed by atoms with Gasteiger partial charge in [-0.25, -0.2) is 0 Å². The van der Waals surface area contributed by atoms with Crippen LogP contribution >= 0.6 is 0 Å². The Morgan fingerprint density at radius 3 is 2.29 bits per heavy atom. The van der Waals surface area contributed by atoms with E-state index >= 15 is 0 Å². The van der Waals surface area contributed by atoms with Crippen LogP contribution in [0.15, 0.2) is 0 Å². The quantitative estimate of drug-likeness (QED) is 0.664. The van der Waals surface area contributed by atoms with Crippen molar-refractivity contribution in [1.29, 1.82) is 0 Å². The maximum absolute atomic E-state index is 12.0. The van der Waals surface area contributed by atoms with Crippen LogP contribution in [0.2, 0.25) is 0 Å². The van der Waals surface area contributed by atoms with Gasteiger partial charge in [0.25, 0.3) is 5.91 Å². The van der Waals surface area contributed by atoms with Crippen LogP contribution in [0.1, 0.15) is 28.7 Å². The molecular formula is C11H19N3O3. The summed E-state index contributed by atoms with van der Waals surface area (Å²) in [4.78, 5) is 12.0. The maximum atomic E-state index is 12.0. The summed E-state index contributed by atoms with van der Waals surface area (Å²) in [6, 6.07) is 0. The van der Waals surface area contributed by atoms with Crippen molar-refractivity contribution >= 4 is 5.91 Å². The van der Waals surface area contributed by atoms with Gasteiger partial charge in [-0.1, -0.05) is 0 Å². The lowest BCUT2D eigenvalue weighted by molar-refractivity contribution is 0.0722. The van der Waals surface area contributed by atoms with E-state index in [2.05, 4.69) is 10.4 Å². The summed E-state index contributed by atoms with van der Waals surface area (Å²) in [7, 11) is 1.76. The van der Waals surface area contributed by atoms with E-state index in [4.69, 9.17) is 10.2 Å². The third-order valence-corrected chi connectivity index (χ3v) is 2.85. The zero-order valence-corrected chi connectivity index (χ0v) is 10.6. The highest BCUT2D eigenvalue weighted by molar-refractivity contribution is 5.96. The van der Waals surface area contributed by atoms with Crippen LogP contribution in [-0.4, -0.2) is 44.7 Å². The van der Waals surface area contributed by atoms with Gasteiger partial charge >= 0.3 is 0 Å². The second-order valence-electron chi connectivity index (χ2n) is 4.50. The summed E-state index contributed by atoms with van der Waals surface area (Å²) in [6.07, 6.45) is 0.